The highest BCUT2D eigenvalue weighted by molar-refractivity contribution is 5.75. The summed E-state index contributed by atoms with van der Waals surface area (Å²) in [7, 11) is 0. The molecule has 0 aromatic carbocycles. The summed E-state index contributed by atoms with van der Waals surface area (Å²) >= 11 is 0. The van der Waals surface area contributed by atoms with E-state index < -0.39 is 0 Å². The van der Waals surface area contributed by atoms with Gasteiger partial charge in [0.05, 0.1) is 12.5 Å². The van der Waals surface area contributed by atoms with E-state index in [1.54, 1.807) is 0 Å². The predicted octanol–water partition coefficient (Wildman–Crippen LogP) is 3.40. The Morgan fingerprint density at radius 3 is 2.27 bits per heavy atom. The van der Waals surface area contributed by atoms with Crippen molar-refractivity contribution >= 4 is 5.97 Å². The molecule has 0 aliphatic carbocycles. The van der Waals surface area contributed by atoms with Gasteiger partial charge in [-0.25, -0.2) is 0 Å². The quantitative estimate of drug-likeness (QED) is 0.668. The lowest BCUT2D eigenvalue weighted by atomic mass is 9.69. The molecule has 0 amide bonds. The summed E-state index contributed by atoms with van der Waals surface area (Å²) in [6.07, 6.45) is 3.22. The molecular weight excluding hydrogens is 188 g/mol. The van der Waals surface area contributed by atoms with E-state index in [1.807, 2.05) is 0 Å². The Labute approximate surface area is 93.4 Å². The maximum absolute atomic E-state index is 11.7. The average molecular weight is 212 g/mol. The third-order valence-electron chi connectivity index (χ3n) is 4.22. The predicted molar refractivity (Wildman–Crippen MR) is 61.5 cm³/mol. The third-order valence-corrected chi connectivity index (χ3v) is 4.22. The number of cyclic esters (lactones) is 1. The molecule has 1 saturated heterocycles. The van der Waals surface area contributed by atoms with E-state index in [1.165, 1.54) is 0 Å². The summed E-state index contributed by atoms with van der Waals surface area (Å²) in [5, 5.41) is 0. The van der Waals surface area contributed by atoms with Crippen molar-refractivity contribution in [1.29, 1.82) is 0 Å². The van der Waals surface area contributed by atoms with Crippen LogP contribution in [0.5, 0.6) is 0 Å². The summed E-state index contributed by atoms with van der Waals surface area (Å²) in [6, 6.07) is 0. The van der Waals surface area contributed by atoms with E-state index in [9.17, 15) is 4.79 Å². The van der Waals surface area contributed by atoms with Crippen molar-refractivity contribution in [2.75, 3.05) is 6.61 Å². The summed E-state index contributed by atoms with van der Waals surface area (Å²) in [5.74, 6) is 0.0931. The second-order valence-corrected chi connectivity index (χ2v) is 5.87. The van der Waals surface area contributed by atoms with Crippen LogP contribution >= 0.6 is 0 Å². The average Bonchev–Trinajstić information content (AvgIpc) is 2.45. The smallest absolute Gasteiger partial charge is 0.309 e. The van der Waals surface area contributed by atoms with Crippen LogP contribution in [0.4, 0.5) is 0 Å². The first-order chi connectivity index (χ1) is 6.84. The van der Waals surface area contributed by atoms with Gasteiger partial charge in [0.25, 0.3) is 0 Å². The molecule has 88 valence electrons. The van der Waals surface area contributed by atoms with Crippen LogP contribution in [0.15, 0.2) is 0 Å². The zero-order chi connectivity index (χ0) is 11.7. The molecule has 0 saturated carbocycles. The highest BCUT2D eigenvalue weighted by atomic mass is 16.5. The van der Waals surface area contributed by atoms with Gasteiger partial charge in [0.1, 0.15) is 0 Å². The molecule has 15 heavy (non-hydrogen) atoms. The van der Waals surface area contributed by atoms with Crippen molar-refractivity contribution in [2.45, 2.75) is 53.9 Å². The van der Waals surface area contributed by atoms with Crippen molar-refractivity contribution in [3.05, 3.63) is 0 Å². The first-order valence-electron chi connectivity index (χ1n) is 6.01. The fourth-order valence-corrected chi connectivity index (χ4v) is 2.17. The zero-order valence-electron chi connectivity index (χ0n) is 10.7. The monoisotopic (exact) mass is 212 g/mol. The van der Waals surface area contributed by atoms with Crippen LogP contribution in [-0.2, 0) is 9.53 Å². The molecule has 0 N–H and O–H groups in total. The molecule has 1 fully saturated rings. The Morgan fingerprint density at radius 2 is 1.93 bits per heavy atom. The van der Waals surface area contributed by atoms with Gasteiger partial charge in [-0.2, -0.15) is 0 Å². The number of hydrogen-bond donors (Lipinski definition) is 0. The Balaban J connectivity index is 2.75. The van der Waals surface area contributed by atoms with Crippen LogP contribution in [0, 0.1) is 16.7 Å². The lowest BCUT2D eigenvalue weighted by molar-refractivity contribution is -0.142. The van der Waals surface area contributed by atoms with Gasteiger partial charge in [-0.05, 0) is 11.8 Å². The first-order valence-corrected chi connectivity index (χ1v) is 6.01. The topological polar surface area (TPSA) is 26.3 Å². The van der Waals surface area contributed by atoms with Gasteiger partial charge in [0.2, 0.25) is 0 Å². The molecule has 1 aliphatic rings. The molecule has 1 rings (SSSR count). The molecule has 1 heterocycles. The molecule has 1 aliphatic heterocycles. The zero-order valence-corrected chi connectivity index (χ0v) is 10.7. The van der Waals surface area contributed by atoms with Crippen molar-refractivity contribution in [3.8, 4) is 0 Å². The largest absolute Gasteiger partial charge is 0.465 e. The van der Waals surface area contributed by atoms with Crippen LogP contribution in [0.25, 0.3) is 0 Å². The summed E-state index contributed by atoms with van der Waals surface area (Å²) in [6.45, 7) is 11.5. The van der Waals surface area contributed by atoms with Crippen LogP contribution < -0.4 is 0 Å². The molecule has 1 unspecified atom stereocenters. The van der Waals surface area contributed by atoms with Crippen LogP contribution in [0.3, 0.4) is 0 Å². The Morgan fingerprint density at radius 1 is 1.40 bits per heavy atom. The highest BCUT2D eigenvalue weighted by Crippen LogP contribution is 2.44. The van der Waals surface area contributed by atoms with Gasteiger partial charge in [0.15, 0.2) is 0 Å². The van der Waals surface area contributed by atoms with E-state index in [0.717, 1.165) is 19.3 Å². The van der Waals surface area contributed by atoms with E-state index in [-0.39, 0.29) is 22.7 Å². The SMILES string of the molecule is CCC(C)(CC)CC1C(=O)OCC1(C)C. The number of esters is 1. The fourth-order valence-electron chi connectivity index (χ4n) is 2.17. The highest BCUT2D eigenvalue weighted by Gasteiger charge is 2.45. The minimum atomic E-state index is 0.00752. The van der Waals surface area contributed by atoms with Gasteiger partial charge < -0.3 is 4.74 Å². The number of rotatable bonds is 4. The minimum absolute atomic E-state index is 0.00752. The molecule has 0 aromatic heterocycles. The lowest BCUT2D eigenvalue weighted by Gasteiger charge is -2.33. The van der Waals surface area contributed by atoms with Crippen molar-refractivity contribution in [1.82, 2.24) is 0 Å². The molecular formula is C13H24O2. The minimum Gasteiger partial charge on any atom is -0.465 e. The maximum atomic E-state index is 11.7. The number of carbonyl (C=O) groups is 1. The van der Waals surface area contributed by atoms with Gasteiger partial charge in [0, 0.05) is 5.41 Å². The van der Waals surface area contributed by atoms with Gasteiger partial charge in [-0.1, -0.05) is 47.5 Å². The second kappa shape index (κ2) is 4.15. The first kappa shape index (κ1) is 12.5. The molecule has 0 aromatic rings. The molecule has 2 heteroatoms. The van der Waals surface area contributed by atoms with Gasteiger partial charge in [-0.3, -0.25) is 4.79 Å². The summed E-state index contributed by atoms with van der Waals surface area (Å²) < 4.78 is 5.18. The summed E-state index contributed by atoms with van der Waals surface area (Å²) in [5.41, 5.74) is 0.300. The Bertz CT molecular complexity index is 239. The van der Waals surface area contributed by atoms with Crippen molar-refractivity contribution in [3.63, 3.8) is 0 Å². The second-order valence-electron chi connectivity index (χ2n) is 5.87. The Kier molecular flexibility index (Phi) is 3.47. The molecule has 2 nitrogen and oxygen atoms in total. The van der Waals surface area contributed by atoms with Crippen LogP contribution in [0.1, 0.15) is 53.9 Å². The van der Waals surface area contributed by atoms with Crippen molar-refractivity contribution in [2.24, 2.45) is 16.7 Å². The van der Waals surface area contributed by atoms with E-state index >= 15 is 0 Å². The summed E-state index contributed by atoms with van der Waals surface area (Å²) in [4.78, 5) is 11.7. The molecule has 1 atom stereocenters. The number of ether oxygens (including phenoxy) is 1. The van der Waals surface area contributed by atoms with Gasteiger partial charge in [-0.15, -0.1) is 0 Å². The molecule has 0 radical (unpaired) electrons. The Hall–Kier alpha value is -0.530. The fraction of sp³-hybridized carbons (Fsp3) is 0.923. The third kappa shape index (κ3) is 2.53. The van der Waals surface area contributed by atoms with Crippen LogP contribution in [0.2, 0.25) is 0 Å². The standard InChI is InChI=1S/C13H24O2/c1-6-13(5,7-2)8-10-11(14)15-9-12(10,3)4/h10H,6-9H2,1-5H3. The molecule has 0 spiro atoms. The van der Waals surface area contributed by atoms with Gasteiger partial charge >= 0.3 is 5.97 Å². The molecule has 0 bridgehead atoms. The number of carbonyl (C=O) groups excluding carboxylic acids is 1. The van der Waals surface area contributed by atoms with E-state index in [2.05, 4.69) is 34.6 Å². The van der Waals surface area contributed by atoms with E-state index in [4.69, 9.17) is 4.74 Å². The van der Waals surface area contributed by atoms with E-state index in [0.29, 0.717) is 6.61 Å². The lowest BCUT2D eigenvalue weighted by Crippen LogP contribution is -2.30. The van der Waals surface area contributed by atoms with Crippen LogP contribution in [-0.4, -0.2) is 12.6 Å². The normalized spacial score (nSPS) is 25.4. The number of hydrogen-bond acceptors (Lipinski definition) is 2. The van der Waals surface area contributed by atoms with Crippen molar-refractivity contribution < 1.29 is 9.53 Å². The maximum Gasteiger partial charge on any atom is 0.309 e.